The van der Waals surface area contributed by atoms with Gasteiger partial charge < -0.3 is 5.11 Å². The van der Waals surface area contributed by atoms with E-state index in [1.54, 1.807) is 0 Å². The van der Waals surface area contributed by atoms with Gasteiger partial charge in [0.05, 0.1) is 18.0 Å². The van der Waals surface area contributed by atoms with Gasteiger partial charge in [-0.3, -0.25) is 0 Å². The monoisotopic (exact) mass is 307 g/mol. The lowest BCUT2D eigenvalue weighted by molar-refractivity contribution is 0.275. The van der Waals surface area contributed by atoms with Crippen LogP contribution in [-0.2, 0) is 19.4 Å². The third-order valence-electron chi connectivity index (χ3n) is 4.08. The SMILES string of the molecule is Cc1ccc(C)c(-n2nnc(CO)c2CCc2ccccc2)c1. The van der Waals surface area contributed by atoms with E-state index in [9.17, 15) is 5.11 Å². The van der Waals surface area contributed by atoms with Gasteiger partial charge in [0, 0.05) is 0 Å². The van der Waals surface area contributed by atoms with Crippen molar-refractivity contribution in [1.82, 2.24) is 15.0 Å². The summed E-state index contributed by atoms with van der Waals surface area (Å²) < 4.78 is 1.87. The summed E-state index contributed by atoms with van der Waals surface area (Å²) in [7, 11) is 0. The summed E-state index contributed by atoms with van der Waals surface area (Å²) in [6.07, 6.45) is 1.69. The van der Waals surface area contributed by atoms with Crippen molar-refractivity contribution in [1.29, 1.82) is 0 Å². The van der Waals surface area contributed by atoms with Crippen LogP contribution in [0.3, 0.4) is 0 Å². The average Bonchev–Trinajstić information content (AvgIpc) is 2.99. The van der Waals surface area contributed by atoms with Gasteiger partial charge in [-0.25, -0.2) is 4.68 Å². The number of aliphatic hydroxyl groups is 1. The Kier molecular flexibility index (Phi) is 4.53. The molecule has 23 heavy (non-hydrogen) atoms. The Morgan fingerprint density at radius 2 is 1.78 bits per heavy atom. The van der Waals surface area contributed by atoms with Crippen molar-refractivity contribution in [2.75, 3.05) is 0 Å². The van der Waals surface area contributed by atoms with Crippen LogP contribution in [0, 0.1) is 13.8 Å². The summed E-state index contributed by atoms with van der Waals surface area (Å²) in [5, 5.41) is 18.0. The van der Waals surface area contributed by atoms with E-state index in [4.69, 9.17) is 0 Å². The molecule has 0 atom stereocenters. The summed E-state index contributed by atoms with van der Waals surface area (Å²) in [6.45, 7) is 4.04. The van der Waals surface area contributed by atoms with Gasteiger partial charge in [-0.2, -0.15) is 0 Å². The Bertz CT molecular complexity index is 794. The molecule has 0 aliphatic carbocycles. The van der Waals surface area contributed by atoms with Gasteiger partial charge >= 0.3 is 0 Å². The first-order valence-electron chi connectivity index (χ1n) is 7.85. The summed E-state index contributed by atoms with van der Waals surface area (Å²) in [5.41, 5.74) is 6.25. The molecule has 3 rings (SSSR count). The minimum atomic E-state index is -0.0883. The fraction of sp³-hybridized carbons (Fsp3) is 0.263. The first-order valence-corrected chi connectivity index (χ1v) is 7.85. The molecule has 0 bridgehead atoms. The summed E-state index contributed by atoms with van der Waals surface area (Å²) >= 11 is 0. The molecule has 0 saturated heterocycles. The summed E-state index contributed by atoms with van der Waals surface area (Å²) in [5.74, 6) is 0. The molecule has 0 unspecified atom stereocenters. The molecule has 0 aliphatic rings. The number of rotatable bonds is 5. The van der Waals surface area contributed by atoms with Gasteiger partial charge in [-0.05, 0) is 49.4 Å². The van der Waals surface area contributed by atoms with Crippen LogP contribution >= 0.6 is 0 Å². The second-order valence-electron chi connectivity index (χ2n) is 5.83. The number of aromatic nitrogens is 3. The van der Waals surface area contributed by atoms with Gasteiger partial charge in [0.15, 0.2) is 0 Å². The van der Waals surface area contributed by atoms with Crippen molar-refractivity contribution in [3.8, 4) is 5.69 Å². The van der Waals surface area contributed by atoms with E-state index in [0.29, 0.717) is 5.69 Å². The molecule has 2 aromatic carbocycles. The lowest BCUT2D eigenvalue weighted by Gasteiger charge is -2.11. The zero-order chi connectivity index (χ0) is 16.2. The van der Waals surface area contributed by atoms with Crippen LogP contribution in [0.1, 0.15) is 28.1 Å². The maximum atomic E-state index is 9.58. The maximum absolute atomic E-state index is 9.58. The average molecular weight is 307 g/mol. The Balaban J connectivity index is 1.95. The third-order valence-corrected chi connectivity index (χ3v) is 4.08. The predicted molar refractivity (Wildman–Crippen MR) is 90.6 cm³/mol. The van der Waals surface area contributed by atoms with Crippen LogP contribution < -0.4 is 0 Å². The molecule has 1 N–H and O–H groups in total. The fourth-order valence-electron chi connectivity index (χ4n) is 2.75. The van der Waals surface area contributed by atoms with Gasteiger partial charge in [0.1, 0.15) is 5.69 Å². The molecular formula is C19H21N3O. The molecule has 1 heterocycles. The molecule has 0 aliphatic heterocycles. The third kappa shape index (κ3) is 3.32. The van der Waals surface area contributed by atoms with E-state index in [1.165, 1.54) is 11.1 Å². The van der Waals surface area contributed by atoms with Crippen LogP contribution in [0.15, 0.2) is 48.5 Å². The zero-order valence-corrected chi connectivity index (χ0v) is 13.5. The van der Waals surface area contributed by atoms with E-state index in [-0.39, 0.29) is 6.61 Å². The second-order valence-corrected chi connectivity index (χ2v) is 5.83. The van der Waals surface area contributed by atoms with Crippen molar-refractivity contribution < 1.29 is 5.11 Å². The molecule has 4 nitrogen and oxygen atoms in total. The van der Waals surface area contributed by atoms with Crippen molar-refractivity contribution in [2.24, 2.45) is 0 Å². The van der Waals surface area contributed by atoms with Crippen LogP contribution in [0.25, 0.3) is 5.69 Å². The molecule has 0 fully saturated rings. The molecule has 4 heteroatoms. The number of hydrogen-bond donors (Lipinski definition) is 1. The highest BCUT2D eigenvalue weighted by Crippen LogP contribution is 2.20. The molecule has 0 saturated carbocycles. The summed E-state index contributed by atoms with van der Waals surface area (Å²) in [6, 6.07) is 16.6. The van der Waals surface area contributed by atoms with Crippen LogP contribution in [0.4, 0.5) is 0 Å². The van der Waals surface area contributed by atoms with Crippen molar-refractivity contribution >= 4 is 0 Å². The maximum Gasteiger partial charge on any atom is 0.112 e. The fourth-order valence-corrected chi connectivity index (χ4v) is 2.75. The lowest BCUT2D eigenvalue weighted by atomic mass is 10.1. The number of hydrogen-bond acceptors (Lipinski definition) is 3. The highest BCUT2D eigenvalue weighted by Gasteiger charge is 2.15. The van der Waals surface area contributed by atoms with Gasteiger partial charge in [-0.15, -0.1) is 5.10 Å². The minimum absolute atomic E-state index is 0.0883. The predicted octanol–water partition coefficient (Wildman–Crippen LogP) is 3.16. The van der Waals surface area contributed by atoms with E-state index in [1.807, 2.05) is 22.9 Å². The van der Waals surface area contributed by atoms with Gasteiger partial charge in [0.25, 0.3) is 0 Å². The quantitative estimate of drug-likeness (QED) is 0.787. The minimum Gasteiger partial charge on any atom is -0.390 e. The van der Waals surface area contributed by atoms with Gasteiger partial charge in [-0.1, -0.05) is 47.7 Å². The Labute approximate surface area is 136 Å². The number of aliphatic hydroxyl groups excluding tert-OH is 1. The van der Waals surface area contributed by atoms with E-state index < -0.39 is 0 Å². The molecule has 0 spiro atoms. The molecule has 0 amide bonds. The smallest absolute Gasteiger partial charge is 0.112 e. The van der Waals surface area contributed by atoms with Crippen LogP contribution in [-0.4, -0.2) is 20.1 Å². The lowest BCUT2D eigenvalue weighted by Crippen LogP contribution is -2.07. The molecular weight excluding hydrogens is 286 g/mol. The Morgan fingerprint density at radius 1 is 1.00 bits per heavy atom. The van der Waals surface area contributed by atoms with E-state index in [2.05, 4.69) is 54.5 Å². The Morgan fingerprint density at radius 3 is 2.52 bits per heavy atom. The first kappa shape index (κ1) is 15.4. The molecule has 1 aromatic heterocycles. The number of benzene rings is 2. The highest BCUT2D eigenvalue weighted by molar-refractivity contribution is 5.43. The van der Waals surface area contributed by atoms with Crippen molar-refractivity contribution in [2.45, 2.75) is 33.3 Å². The second kappa shape index (κ2) is 6.75. The number of nitrogens with zero attached hydrogens (tertiary/aromatic N) is 3. The molecule has 118 valence electrons. The van der Waals surface area contributed by atoms with Crippen molar-refractivity contribution in [3.05, 3.63) is 76.6 Å². The van der Waals surface area contributed by atoms with E-state index >= 15 is 0 Å². The van der Waals surface area contributed by atoms with Crippen molar-refractivity contribution in [3.63, 3.8) is 0 Å². The summed E-state index contributed by atoms with van der Waals surface area (Å²) in [4.78, 5) is 0. The number of aryl methyl sites for hydroxylation is 3. The largest absolute Gasteiger partial charge is 0.390 e. The van der Waals surface area contributed by atoms with E-state index in [0.717, 1.165) is 29.8 Å². The normalized spacial score (nSPS) is 10.9. The van der Waals surface area contributed by atoms with Crippen LogP contribution in [0.5, 0.6) is 0 Å². The molecule has 3 aromatic rings. The highest BCUT2D eigenvalue weighted by atomic mass is 16.3. The molecule has 0 radical (unpaired) electrons. The zero-order valence-electron chi connectivity index (χ0n) is 13.5. The Hall–Kier alpha value is -2.46. The topological polar surface area (TPSA) is 50.9 Å². The first-order chi connectivity index (χ1) is 11.2. The van der Waals surface area contributed by atoms with Gasteiger partial charge in [0.2, 0.25) is 0 Å². The standard InChI is InChI=1S/C19H21N3O/c1-14-8-9-15(2)19(12-14)22-18(17(13-23)20-21-22)11-10-16-6-4-3-5-7-16/h3-9,12,23H,10-11,13H2,1-2H3. The van der Waals surface area contributed by atoms with Crippen LogP contribution in [0.2, 0.25) is 0 Å².